The van der Waals surface area contributed by atoms with E-state index in [0.717, 1.165) is 43.0 Å². The Morgan fingerprint density at radius 3 is 2.92 bits per heavy atom. The van der Waals surface area contributed by atoms with Crippen LogP contribution in [0.1, 0.15) is 18.4 Å². The van der Waals surface area contributed by atoms with Crippen LogP contribution >= 0.6 is 11.8 Å². The van der Waals surface area contributed by atoms with Gasteiger partial charge in [0, 0.05) is 13.1 Å². The van der Waals surface area contributed by atoms with Crippen molar-refractivity contribution in [1.29, 1.82) is 0 Å². The van der Waals surface area contributed by atoms with Gasteiger partial charge in [0.05, 0.1) is 12.3 Å². The second-order valence-electron chi connectivity index (χ2n) is 5.68. The van der Waals surface area contributed by atoms with E-state index >= 15 is 0 Å². The van der Waals surface area contributed by atoms with Crippen molar-refractivity contribution in [3.05, 3.63) is 23.8 Å². The van der Waals surface area contributed by atoms with Gasteiger partial charge in [-0.1, -0.05) is 17.8 Å². The summed E-state index contributed by atoms with van der Waals surface area (Å²) in [4.78, 5) is 14.0. The monoisotopic (exact) mass is 347 g/mol. The summed E-state index contributed by atoms with van der Waals surface area (Å²) in [5, 5.41) is 12.4. The molecule has 24 heavy (non-hydrogen) atoms. The number of amides is 1. The predicted octanol–water partition coefficient (Wildman–Crippen LogP) is 1.16. The van der Waals surface area contributed by atoms with Crippen LogP contribution < -0.4 is 9.47 Å². The third-order valence-electron chi connectivity index (χ3n) is 4.05. The smallest absolute Gasteiger partial charge is 0.233 e. The van der Waals surface area contributed by atoms with Crippen molar-refractivity contribution in [1.82, 2.24) is 25.1 Å². The first-order valence-electron chi connectivity index (χ1n) is 7.85. The number of tetrazole rings is 1. The number of nitrogens with zero attached hydrogens (tertiary/aromatic N) is 5. The van der Waals surface area contributed by atoms with E-state index in [1.165, 1.54) is 11.8 Å². The van der Waals surface area contributed by atoms with Gasteiger partial charge in [0.1, 0.15) is 0 Å². The maximum Gasteiger partial charge on any atom is 0.233 e. The van der Waals surface area contributed by atoms with E-state index < -0.39 is 0 Å². The van der Waals surface area contributed by atoms with Crippen LogP contribution in [0.15, 0.2) is 23.4 Å². The minimum atomic E-state index is 0.148. The number of ether oxygens (including phenoxy) is 2. The lowest BCUT2D eigenvalue weighted by Gasteiger charge is -2.14. The third kappa shape index (κ3) is 3.16. The summed E-state index contributed by atoms with van der Waals surface area (Å²) in [6.07, 6.45) is 2.19. The average Bonchev–Trinajstić information content (AvgIpc) is 3.34. The molecule has 4 rings (SSSR count). The standard InChI is InChI=1S/C15H17N5O3S/c21-14(19-5-1-2-6-19)9-24-15-16-17-18-20(15)8-11-3-4-12-13(7-11)23-10-22-12/h3-4,7H,1-2,5-6,8-10H2. The molecule has 0 aliphatic carbocycles. The average molecular weight is 347 g/mol. The molecule has 1 fully saturated rings. The molecule has 1 amide bonds. The number of fused-ring (bicyclic) bond motifs is 1. The Labute approximate surface area is 143 Å². The summed E-state index contributed by atoms with van der Waals surface area (Å²) in [6, 6.07) is 5.76. The third-order valence-corrected chi connectivity index (χ3v) is 4.99. The molecule has 9 heteroatoms. The van der Waals surface area contributed by atoms with Crippen LogP contribution in [0.25, 0.3) is 0 Å². The van der Waals surface area contributed by atoms with Crippen LogP contribution in [-0.2, 0) is 11.3 Å². The van der Waals surface area contributed by atoms with E-state index in [0.29, 0.717) is 17.5 Å². The lowest BCUT2D eigenvalue weighted by atomic mass is 10.2. The first kappa shape index (κ1) is 15.3. The van der Waals surface area contributed by atoms with Crippen LogP contribution in [0.5, 0.6) is 11.5 Å². The van der Waals surface area contributed by atoms with E-state index in [4.69, 9.17) is 9.47 Å². The molecule has 0 bridgehead atoms. The van der Waals surface area contributed by atoms with Crippen molar-refractivity contribution in [2.75, 3.05) is 25.6 Å². The van der Waals surface area contributed by atoms with Gasteiger partial charge < -0.3 is 14.4 Å². The van der Waals surface area contributed by atoms with E-state index in [1.54, 1.807) is 4.68 Å². The summed E-state index contributed by atoms with van der Waals surface area (Å²) in [7, 11) is 0. The lowest BCUT2D eigenvalue weighted by molar-refractivity contribution is -0.127. The summed E-state index contributed by atoms with van der Waals surface area (Å²) < 4.78 is 12.4. The Hall–Kier alpha value is -2.29. The first-order valence-corrected chi connectivity index (χ1v) is 8.83. The van der Waals surface area contributed by atoms with E-state index in [-0.39, 0.29) is 12.7 Å². The van der Waals surface area contributed by atoms with Crippen molar-refractivity contribution in [2.45, 2.75) is 24.5 Å². The van der Waals surface area contributed by atoms with Crippen LogP contribution in [0, 0.1) is 0 Å². The van der Waals surface area contributed by atoms with Gasteiger partial charge in [0.2, 0.25) is 17.9 Å². The number of aromatic nitrogens is 4. The Bertz CT molecular complexity index is 744. The molecule has 0 saturated carbocycles. The molecule has 3 heterocycles. The molecule has 0 radical (unpaired) electrons. The van der Waals surface area contributed by atoms with Crippen LogP contribution in [0.2, 0.25) is 0 Å². The van der Waals surface area contributed by atoms with Gasteiger partial charge in [-0.05, 0) is 41.0 Å². The highest BCUT2D eigenvalue weighted by Gasteiger charge is 2.19. The molecule has 1 aromatic carbocycles. The van der Waals surface area contributed by atoms with E-state index in [1.807, 2.05) is 23.1 Å². The van der Waals surface area contributed by atoms with Gasteiger partial charge in [-0.15, -0.1) is 5.10 Å². The number of rotatable bonds is 5. The number of hydrogen-bond acceptors (Lipinski definition) is 7. The maximum atomic E-state index is 12.1. The van der Waals surface area contributed by atoms with Gasteiger partial charge in [0.15, 0.2) is 11.5 Å². The quantitative estimate of drug-likeness (QED) is 0.751. The number of benzene rings is 1. The Kier molecular flexibility index (Phi) is 4.24. The molecular formula is C15H17N5O3S. The van der Waals surface area contributed by atoms with Crippen LogP contribution in [0.4, 0.5) is 0 Å². The Balaban J connectivity index is 1.40. The summed E-state index contributed by atoms with van der Waals surface area (Å²) >= 11 is 1.37. The van der Waals surface area contributed by atoms with Crippen molar-refractivity contribution in [3.63, 3.8) is 0 Å². The zero-order valence-corrected chi connectivity index (χ0v) is 13.9. The molecule has 2 aliphatic rings. The largest absolute Gasteiger partial charge is 0.454 e. The fourth-order valence-corrected chi connectivity index (χ4v) is 3.57. The van der Waals surface area contributed by atoms with Crippen molar-refractivity contribution >= 4 is 17.7 Å². The summed E-state index contributed by atoms with van der Waals surface area (Å²) in [5.74, 6) is 2.00. The molecule has 0 spiro atoms. The molecular weight excluding hydrogens is 330 g/mol. The number of thioether (sulfide) groups is 1. The van der Waals surface area contributed by atoms with Gasteiger partial charge in [-0.3, -0.25) is 4.79 Å². The van der Waals surface area contributed by atoms with Crippen molar-refractivity contribution in [3.8, 4) is 11.5 Å². The second-order valence-corrected chi connectivity index (χ2v) is 6.63. The molecule has 126 valence electrons. The summed E-state index contributed by atoms with van der Waals surface area (Å²) in [5.41, 5.74) is 1.01. The molecule has 0 N–H and O–H groups in total. The second kappa shape index (κ2) is 6.68. The molecule has 1 saturated heterocycles. The SMILES string of the molecule is O=C(CSc1nnnn1Cc1ccc2c(c1)OCO2)N1CCCC1. The highest BCUT2D eigenvalue weighted by molar-refractivity contribution is 7.99. The van der Waals surface area contributed by atoms with Crippen molar-refractivity contribution in [2.24, 2.45) is 0 Å². The van der Waals surface area contributed by atoms with Crippen molar-refractivity contribution < 1.29 is 14.3 Å². The fraction of sp³-hybridized carbons (Fsp3) is 0.467. The number of carbonyl (C=O) groups is 1. The van der Waals surface area contributed by atoms with Crippen LogP contribution in [0.3, 0.4) is 0 Å². The lowest BCUT2D eigenvalue weighted by Crippen LogP contribution is -2.29. The minimum absolute atomic E-state index is 0.148. The maximum absolute atomic E-state index is 12.1. The molecule has 0 atom stereocenters. The molecule has 1 aromatic heterocycles. The molecule has 8 nitrogen and oxygen atoms in total. The highest BCUT2D eigenvalue weighted by Crippen LogP contribution is 2.32. The topological polar surface area (TPSA) is 82.4 Å². The predicted molar refractivity (Wildman–Crippen MR) is 86.0 cm³/mol. The summed E-state index contributed by atoms with van der Waals surface area (Å²) in [6.45, 7) is 2.50. The highest BCUT2D eigenvalue weighted by atomic mass is 32.2. The zero-order valence-electron chi connectivity index (χ0n) is 13.1. The number of likely N-dealkylation sites (tertiary alicyclic amines) is 1. The normalized spacial score (nSPS) is 15.9. The first-order chi connectivity index (χ1) is 11.8. The Morgan fingerprint density at radius 2 is 2.04 bits per heavy atom. The van der Waals surface area contributed by atoms with Gasteiger partial charge in [-0.25, -0.2) is 4.68 Å². The molecule has 2 aromatic rings. The van der Waals surface area contributed by atoms with Gasteiger partial charge in [0.25, 0.3) is 0 Å². The van der Waals surface area contributed by atoms with Crippen LogP contribution in [-0.4, -0.2) is 56.6 Å². The molecule has 2 aliphatic heterocycles. The van der Waals surface area contributed by atoms with E-state index in [2.05, 4.69) is 15.5 Å². The van der Waals surface area contributed by atoms with Gasteiger partial charge >= 0.3 is 0 Å². The minimum Gasteiger partial charge on any atom is -0.454 e. The number of hydrogen-bond donors (Lipinski definition) is 0. The number of carbonyl (C=O) groups excluding carboxylic acids is 1. The zero-order chi connectivity index (χ0) is 16.4. The Morgan fingerprint density at radius 1 is 1.21 bits per heavy atom. The van der Waals surface area contributed by atoms with E-state index in [9.17, 15) is 4.79 Å². The van der Waals surface area contributed by atoms with Gasteiger partial charge in [-0.2, -0.15) is 0 Å². The molecule has 0 unspecified atom stereocenters. The fourth-order valence-electron chi connectivity index (χ4n) is 2.80.